The van der Waals surface area contributed by atoms with Crippen molar-refractivity contribution in [3.05, 3.63) is 29.8 Å². The number of nitrogens with one attached hydrogen (secondary N) is 1. The molecule has 2 rings (SSSR count). The minimum absolute atomic E-state index is 0.0284. The van der Waals surface area contributed by atoms with E-state index in [-0.39, 0.29) is 23.3 Å². The van der Waals surface area contributed by atoms with E-state index in [0.29, 0.717) is 25.9 Å². The highest BCUT2D eigenvalue weighted by molar-refractivity contribution is 5.84. The standard InChI is InChI=1S/C18H26N2O3/c1-18(2,3)19-17(22)14-8-9-16(21)20(12-14)11-13-6-5-7-15(10-13)23-4/h5-7,10,14H,8-9,11-12H2,1-4H3,(H,19,22). The Kier molecular flexibility index (Phi) is 5.29. The molecule has 1 fully saturated rings. The first kappa shape index (κ1) is 17.3. The third-order valence-electron chi connectivity index (χ3n) is 3.88. The van der Waals surface area contributed by atoms with Crippen molar-refractivity contribution in [1.29, 1.82) is 0 Å². The summed E-state index contributed by atoms with van der Waals surface area (Å²) in [5, 5.41) is 3.01. The molecule has 23 heavy (non-hydrogen) atoms. The van der Waals surface area contributed by atoms with Crippen LogP contribution in [-0.4, -0.2) is 35.9 Å². The van der Waals surface area contributed by atoms with Crippen LogP contribution in [0.3, 0.4) is 0 Å². The van der Waals surface area contributed by atoms with Gasteiger partial charge in [0.05, 0.1) is 13.0 Å². The molecule has 1 aromatic carbocycles. The zero-order valence-corrected chi connectivity index (χ0v) is 14.4. The lowest BCUT2D eigenvalue weighted by atomic mass is 9.95. The Labute approximate surface area is 138 Å². The molecule has 5 nitrogen and oxygen atoms in total. The van der Waals surface area contributed by atoms with Gasteiger partial charge in [-0.25, -0.2) is 0 Å². The number of piperidine rings is 1. The van der Waals surface area contributed by atoms with E-state index in [4.69, 9.17) is 4.74 Å². The Morgan fingerprint density at radius 2 is 2.13 bits per heavy atom. The molecule has 0 spiro atoms. The number of methoxy groups -OCH3 is 1. The molecular formula is C18H26N2O3. The molecule has 1 aromatic rings. The minimum atomic E-state index is -0.254. The summed E-state index contributed by atoms with van der Waals surface area (Å²) in [5.74, 6) is 0.764. The van der Waals surface area contributed by atoms with Crippen LogP contribution in [0.1, 0.15) is 39.2 Å². The Morgan fingerprint density at radius 1 is 1.39 bits per heavy atom. The number of hydrogen-bond donors (Lipinski definition) is 1. The lowest BCUT2D eigenvalue weighted by molar-refractivity contribution is -0.139. The molecule has 0 aromatic heterocycles. The molecule has 1 heterocycles. The maximum absolute atomic E-state index is 12.3. The van der Waals surface area contributed by atoms with Crippen LogP contribution in [0, 0.1) is 5.92 Å². The topological polar surface area (TPSA) is 58.6 Å². The Hall–Kier alpha value is -2.04. The van der Waals surface area contributed by atoms with Gasteiger partial charge in [-0.15, -0.1) is 0 Å². The van der Waals surface area contributed by atoms with Crippen molar-refractivity contribution in [3.8, 4) is 5.75 Å². The molecule has 1 unspecified atom stereocenters. The fourth-order valence-corrected chi connectivity index (χ4v) is 2.74. The van der Waals surface area contributed by atoms with Crippen molar-refractivity contribution in [2.24, 2.45) is 5.92 Å². The van der Waals surface area contributed by atoms with Gasteiger partial charge in [-0.3, -0.25) is 9.59 Å². The number of hydrogen-bond acceptors (Lipinski definition) is 3. The fourth-order valence-electron chi connectivity index (χ4n) is 2.74. The Bertz CT molecular complexity index is 578. The predicted molar refractivity (Wildman–Crippen MR) is 89.0 cm³/mol. The number of amides is 2. The maximum atomic E-state index is 12.3. The molecule has 1 aliphatic rings. The number of carbonyl (C=O) groups excluding carboxylic acids is 2. The number of ether oxygens (including phenoxy) is 1. The number of likely N-dealkylation sites (tertiary alicyclic amines) is 1. The molecular weight excluding hydrogens is 292 g/mol. The summed E-state index contributed by atoms with van der Waals surface area (Å²) in [5.41, 5.74) is 0.755. The van der Waals surface area contributed by atoms with E-state index < -0.39 is 0 Å². The maximum Gasteiger partial charge on any atom is 0.225 e. The highest BCUT2D eigenvalue weighted by atomic mass is 16.5. The summed E-state index contributed by atoms with van der Waals surface area (Å²) in [6, 6.07) is 7.67. The number of nitrogens with zero attached hydrogens (tertiary/aromatic N) is 1. The molecule has 1 N–H and O–H groups in total. The van der Waals surface area contributed by atoms with Crippen LogP contribution in [0.2, 0.25) is 0 Å². The molecule has 0 radical (unpaired) electrons. The van der Waals surface area contributed by atoms with Crippen molar-refractivity contribution >= 4 is 11.8 Å². The highest BCUT2D eigenvalue weighted by Crippen LogP contribution is 2.22. The minimum Gasteiger partial charge on any atom is -0.497 e. The SMILES string of the molecule is COc1cccc(CN2CC(C(=O)NC(C)(C)C)CCC2=O)c1. The van der Waals surface area contributed by atoms with Crippen LogP contribution in [0.4, 0.5) is 0 Å². The summed E-state index contributed by atoms with van der Waals surface area (Å²) < 4.78 is 5.22. The van der Waals surface area contributed by atoms with Gasteiger partial charge >= 0.3 is 0 Å². The van der Waals surface area contributed by atoms with Crippen LogP contribution >= 0.6 is 0 Å². The van der Waals surface area contributed by atoms with Crippen molar-refractivity contribution in [2.45, 2.75) is 45.7 Å². The molecule has 126 valence electrons. The fraction of sp³-hybridized carbons (Fsp3) is 0.556. The summed E-state index contributed by atoms with van der Waals surface area (Å²) in [4.78, 5) is 26.3. The summed E-state index contributed by atoms with van der Waals surface area (Å²) in [6.07, 6.45) is 1.04. The number of benzene rings is 1. The predicted octanol–water partition coefficient (Wildman–Crippen LogP) is 2.35. The van der Waals surface area contributed by atoms with Gasteiger partial charge in [-0.2, -0.15) is 0 Å². The molecule has 0 bridgehead atoms. The third kappa shape index (κ3) is 4.98. The van der Waals surface area contributed by atoms with Crippen molar-refractivity contribution in [2.75, 3.05) is 13.7 Å². The molecule has 5 heteroatoms. The van der Waals surface area contributed by atoms with Crippen molar-refractivity contribution < 1.29 is 14.3 Å². The van der Waals surface area contributed by atoms with Crippen LogP contribution in [0.25, 0.3) is 0 Å². The molecule has 2 amide bonds. The second-order valence-electron chi connectivity index (χ2n) is 7.10. The summed E-state index contributed by atoms with van der Waals surface area (Å²) in [7, 11) is 1.62. The monoisotopic (exact) mass is 318 g/mol. The van der Waals surface area contributed by atoms with Gasteiger partial charge in [-0.1, -0.05) is 12.1 Å². The largest absolute Gasteiger partial charge is 0.497 e. The molecule has 0 saturated carbocycles. The number of rotatable bonds is 4. The van der Waals surface area contributed by atoms with Crippen molar-refractivity contribution in [1.82, 2.24) is 10.2 Å². The highest BCUT2D eigenvalue weighted by Gasteiger charge is 2.31. The average Bonchev–Trinajstić information content (AvgIpc) is 2.48. The first-order valence-corrected chi connectivity index (χ1v) is 8.01. The molecule has 1 saturated heterocycles. The van der Waals surface area contributed by atoms with Crippen LogP contribution in [0.15, 0.2) is 24.3 Å². The lowest BCUT2D eigenvalue weighted by Crippen LogP contribution is -2.49. The Morgan fingerprint density at radius 3 is 2.78 bits per heavy atom. The second kappa shape index (κ2) is 7.02. The van der Waals surface area contributed by atoms with Crippen LogP contribution in [0.5, 0.6) is 5.75 Å². The molecule has 1 atom stereocenters. The van der Waals surface area contributed by atoms with Gasteiger partial charge in [0, 0.05) is 25.0 Å². The van der Waals surface area contributed by atoms with E-state index >= 15 is 0 Å². The molecule has 0 aliphatic carbocycles. The van der Waals surface area contributed by atoms with E-state index in [1.807, 2.05) is 45.0 Å². The van der Waals surface area contributed by atoms with Gasteiger partial charge < -0.3 is 15.0 Å². The zero-order chi connectivity index (χ0) is 17.0. The van der Waals surface area contributed by atoms with Crippen LogP contribution < -0.4 is 10.1 Å². The normalized spacial score (nSPS) is 18.7. The van der Waals surface area contributed by atoms with Gasteiger partial charge in [0.2, 0.25) is 11.8 Å². The van der Waals surface area contributed by atoms with Crippen molar-refractivity contribution in [3.63, 3.8) is 0 Å². The van der Waals surface area contributed by atoms with Crippen LogP contribution in [-0.2, 0) is 16.1 Å². The van der Waals surface area contributed by atoms with Gasteiger partial charge in [-0.05, 0) is 44.9 Å². The number of carbonyl (C=O) groups is 2. The van der Waals surface area contributed by atoms with E-state index in [9.17, 15) is 9.59 Å². The Balaban J connectivity index is 2.03. The average molecular weight is 318 g/mol. The van der Waals surface area contributed by atoms with Gasteiger partial charge in [0.25, 0.3) is 0 Å². The van der Waals surface area contributed by atoms with Gasteiger partial charge in [0.1, 0.15) is 5.75 Å². The summed E-state index contributed by atoms with van der Waals surface area (Å²) in [6.45, 7) is 6.87. The smallest absolute Gasteiger partial charge is 0.225 e. The third-order valence-corrected chi connectivity index (χ3v) is 3.88. The molecule has 1 aliphatic heterocycles. The van der Waals surface area contributed by atoms with E-state index in [0.717, 1.165) is 11.3 Å². The van der Waals surface area contributed by atoms with E-state index in [2.05, 4.69) is 5.32 Å². The second-order valence-corrected chi connectivity index (χ2v) is 7.10. The van der Waals surface area contributed by atoms with E-state index in [1.165, 1.54) is 0 Å². The lowest BCUT2D eigenvalue weighted by Gasteiger charge is -2.33. The van der Waals surface area contributed by atoms with Gasteiger partial charge in [0.15, 0.2) is 0 Å². The van der Waals surface area contributed by atoms with E-state index in [1.54, 1.807) is 12.0 Å². The zero-order valence-electron chi connectivity index (χ0n) is 14.4. The first-order valence-electron chi connectivity index (χ1n) is 8.01. The first-order chi connectivity index (χ1) is 10.8. The summed E-state index contributed by atoms with van der Waals surface area (Å²) >= 11 is 0. The quantitative estimate of drug-likeness (QED) is 0.927.